The highest BCUT2D eigenvalue weighted by Crippen LogP contribution is 2.31. The van der Waals surface area contributed by atoms with Gasteiger partial charge in [0.05, 0.1) is 11.7 Å². The quantitative estimate of drug-likeness (QED) is 0.944. The van der Waals surface area contributed by atoms with Crippen LogP contribution >= 0.6 is 0 Å². The molecule has 0 spiro atoms. The van der Waals surface area contributed by atoms with Gasteiger partial charge in [-0.15, -0.1) is 0 Å². The fourth-order valence-corrected chi connectivity index (χ4v) is 3.17. The van der Waals surface area contributed by atoms with Gasteiger partial charge in [-0.1, -0.05) is 12.1 Å². The first-order valence-electron chi connectivity index (χ1n) is 8.35. The van der Waals surface area contributed by atoms with E-state index in [0.717, 1.165) is 43.8 Å². The van der Waals surface area contributed by atoms with Crippen molar-refractivity contribution in [2.24, 2.45) is 0 Å². The summed E-state index contributed by atoms with van der Waals surface area (Å²) in [6, 6.07) is 7.60. The molecule has 0 radical (unpaired) electrons. The molecular formula is C18H21N3O2. The monoisotopic (exact) mass is 311 g/mol. The number of nitrogens with one attached hydrogen (secondary N) is 1. The number of para-hydroxylation sites is 1. The molecule has 23 heavy (non-hydrogen) atoms. The number of carbonyl (C=O) groups is 1. The summed E-state index contributed by atoms with van der Waals surface area (Å²) < 4.78 is 5.90. The molecule has 1 aromatic carbocycles. The standard InChI is InChI=1S/C18H21N3O2/c22-18(15-5-1-2-6-16(15)23-14-7-8-14)21-11-3-4-13(12-21)17-19-9-10-20-17/h1-2,5-6,9-10,13-14H,3-4,7-8,11-12H2,(H,19,20). The number of hydrogen-bond donors (Lipinski definition) is 1. The molecule has 1 aromatic heterocycles. The largest absolute Gasteiger partial charge is 0.490 e. The summed E-state index contributed by atoms with van der Waals surface area (Å²) in [5.74, 6) is 2.06. The van der Waals surface area contributed by atoms with Crippen LogP contribution in [0.1, 0.15) is 47.8 Å². The highest BCUT2D eigenvalue weighted by atomic mass is 16.5. The molecule has 1 saturated heterocycles. The Bertz CT molecular complexity index is 679. The van der Waals surface area contributed by atoms with E-state index in [1.807, 2.05) is 35.4 Å². The molecule has 1 aliphatic carbocycles. The predicted molar refractivity (Wildman–Crippen MR) is 86.6 cm³/mol. The minimum absolute atomic E-state index is 0.0671. The van der Waals surface area contributed by atoms with E-state index in [2.05, 4.69) is 9.97 Å². The van der Waals surface area contributed by atoms with Crippen molar-refractivity contribution in [3.05, 3.63) is 48.0 Å². The summed E-state index contributed by atoms with van der Waals surface area (Å²) in [5.41, 5.74) is 0.680. The highest BCUT2D eigenvalue weighted by molar-refractivity contribution is 5.97. The molecule has 1 aliphatic heterocycles. The minimum Gasteiger partial charge on any atom is -0.490 e. The Morgan fingerprint density at radius 1 is 1.26 bits per heavy atom. The molecule has 4 rings (SSSR count). The third kappa shape index (κ3) is 3.09. The van der Waals surface area contributed by atoms with Gasteiger partial charge >= 0.3 is 0 Å². The van der Waals surface area contributed by atoms with Gasteiger partial charge in [0, 0.05) is 31.4 Å². The van der Waals surface area contributed by atoms with Crippen molar-refractivity contribution in [1.82, 2.24) is 14.9 Å². The molecule has 2 aliphatic rings. The summed E-state index contributed by atoms with van der Waals surface area (Å²) in [4.78, 5) is 22.4. The van der Waals surface area contributed by atoms with Crippen LogP contribution in [0.5, 0.6) is 5.75 Å². The third-order valence-electron chi connectivity index (χ3n) is 4.55. The maximum absolute atomic E-state index is 13.0. The fraction of sp³-hybridized carbons (Fsp3) is 0.444. The molecule has 1 saturated carbocycles. The first kappa shape index (κ1) is 14.3. The van der Waals surface area contributed by atoms with E-state index in [9.17, 15) is 4.79 Å². The van der Waals surface area contributed by atoms with Gasteiger partial charge in [-0.3, -0.25) is 4.79 Å². The summed E-state index contributed by atoms with van der Waals surface area (Å²) in [6.07, 6.45) is 8.16. The number of imidazole rings is 1. The van der Waals surface area contributed by atoms with E-state index < -0.39 is 0 Å². The van der Waals surface area contributed by atoms with Crippen LogP contribution in [0.2, 0.25) is 0 Å². The molecule has 1 N–H and O–H groups in total. The number of aromatic nitrogens is 2. The van der Waals surface area contributed by atoms with Gasteiger partial charge in [-0.25, -0.2) is 4.98 Å². The number of rotatable bonds is 4. The lowest BCUT2D eigenvalue weighted by atomic mass is 9.96. The van der Waals surface area contributed by atoms with Gasteiger partial charge in [0.2, 0.25) is 0 Å². The Hall–Kier alpha value is -2.30. The molecular weight excluding hydrogens is 290 g/mol. The average Bonchev–Trinajstić information content (AvgIpc) is 3.24. The van der Waals surface area contributed by atoms with Crippen LogP contribution < -0.4 is 4.74 Å². The topological polar surface area (TPSA) is 58.2 Å². The third-order valence-corrected chi connectivity index (χ3v) is 4.55. The first-order valence-corrected chi connectivity index (χ1v) is 8.35. The molecule has 5 heteroatoms. The minimum atomic E-state index is 0.0671. The maximum Gasteiger partial charge on any atom is 0.257 e. The maximum atomic E-state index is 13.0. The van der Waals surface area contributed by atoms with Gasteiger partial charge < -0.3 is 14.6 Å². The zero-order chi connectivity index (χ0) is 15.6. The molecule has 2 fully saturated rings. The number of nitrogens with zero attached hydrogens (tertiary/aromatic N) is 2. The van der Waals surface area contributed by atoms with Crippen molar-refractivity contribution in [2.75, 3.05) is 13.1 Å². The van der Waals surface area contributed by atoms with Crippen molar-refractivity contribution in [1.29, 1.82) is 0 Å². The number of aromatic amines is 1. The van der Waals surface area contributed by atoms with Crippen molar-refractivity contribution in [3.8, 4) is 5.75 Å². The van der Waals surface area contributed by atoms with Gasteiger partial charge in [-0.2, -0.15) is 0 Å². The first-order chi connectivity index (χ1) is 11.3. The number of ether oxygens (including phenoxy) is 1. The van der Waals surface area contributed by atoms with Gasteiger partial charge in [-0.05, 0) is 37.8 Å². The van der Waals surface area contributed by atoms with Gasteiger partial charge in [0.25, 0.3) is 5.91 Å². The SMILES string of the molecule is O=C(c1ccccc1OC1CC1)N1CCCC(c2ncc[nH]2)C1. The van der Waals surface area contributed by atoms with E-state index in [1.165, 1.54) is 0 Å². The van der Waals surface area contributed by atoms with Crippen LogP contribution in [-0.4, -0.2) is 40.0 Å². The van der Waals surface area contributed by atoms with E-state index >= 15 is 0 Å². The van der Waals surface area contributed by atoms with Crippen molar-refractivity contribution in [2.45, 2.75) is 37.7 Å². The Morgan fingerprint density at radius 2 is 2.13 bits per heavy atom. The lowest BCUT2D eigenvalue weighted by Gasteiger charge is -2.32. The summed E-state index contributed by atoms with van der Waals surface area (Å²) >= 11 is 0. The Kier molecular flexibility index (Phi) is 3.77. The average molecular weight is 311 g/mol. The molecule has 1 unspecified atom stereocenters. The number of benzene rings is 1. The molecule has 2 aromatic rings. The fourth-order valence-electron chi connectivity index (χ4n) is 3.17. The van der Waals surface area contributed by atoms with E-state index in [1.54, 1.807) is 6.20 Å². The van der Waals surface area contributed by atoms with Gasteiger partial charge in [0.15, 0.2) is 0 Å². The van der Waals surface area contributed by atoms with Crippen LogP contribution in [0.3, 0.4) is 0 Å². The lowest BCUT2D eigenvalue weighted by Crippen LogP contribution is -2.39. The number of amides is 1. The number of H-pyrrole nitrogens is 1. The summed E-state index contributed by atoms with van der Waals surface area (Å²) in [5, 5.41) is 0. The number of piperidine rings is 1. The number of hydrogen-bond acceptors (Lipinski definition) is 3. The Labute approximate surface area is 135 Å². The number of carbonyl (C=O) groups excluding carboxylic acids is 1. The van der Waals surface area contributed by atoms with E-state index in [4.69, 9.17) is 4.74 Å². The Balaban J connectivity index is 1.52. The van der Waals surface area contributed by atoms with Crippen molar-refractivity contribution < 1.29 is 9.53 Å². The second-order valence-corrected chi connectivity index (χ2v) is 6.38. The smallest absolute Gasteiger partial charge is 0.257 e. The highest BCUT2D eigenvalue weighted by Gasteiger charge is 2.30. The molecule has 2 heterocycles. The molecule has 0 bridgehead atoms. The predicted octanol–water partition coefficient (Wildman–Crippen LogP) is 2.97. The van der Waals surface area contributed by atoms with Crippen LogP contribution in [0, 0.1) is 0 Å². The van der Waals surface area contributed by atoms with E-state index in [-0.39, 0.29) is 5.91 Å². The van der Waals surface area contributed by atoms with Crippen LogP contribution in [0.15, 0.2) is 36.7 Å². The molecule has 5 nitrogen and oxygen atoms in total. The van der Waals surface area contributed by atoms with E-state index in [0.29, 0.717) is 24.1 Å². The number of likely N-dealkylation sites (tertiary alicyclic amines) is 1. The lowest BCUT2D eigenvalue weighted by molar-refractivity contribution is 0.0700. The normalized spacial score (nSPS) is 21.2. The summed E-state index contributed by atoms with van der Waals surface area (Å²) in [7, 11) is 0. The van der Waals surface area contributed by atoms with Crippen LogP contribution in [-0.2, 0) is 0 Å². The molecule has 1 atom stereocenters. The van der Waals surface area contributed by atoms with Gasteiger partial charge in [0.1, 0.15) is 11.6 Å². The van der Waals surface area contributed by atoms with Crippen LogP contribution in [0.4, 0.5) is 0 Å². The zero-order valence-corrected chi connectivity index (χ0v) is 13.1. The zero-order valence-electron chi connectivity index (χ0n) is 13.1. The van der Waals surface area contributed by atoms with Crippen molar-refractivity contribution in [3.63, 3.8) is 0 Å². The molecule has 1 amide bonds. The summed E-state index contributed by atoms with van der Waals surface area (Å²) in [6.45, 7) is 1.51. The van der Waals surface area contributed by atoms with Crippen molar-refractivity contribution >= 4 is 5.91 Å². The van der Waals surface area contributed by atoms with Crippen LogP contribution in [0.25, 0.3) is 0 Å². The molecule has 120 valence electrons. The second-order valence-electron chi connectivity index (χ2n) is 6.38. The Morgan fingerprint density at radius 3 is 2.91 bits per heavy atom. The second kappa shape index (κ2) is 6.07.